The van der Waals surface area contributed by atoms with E-state index in [0.29, 0.717) is 0 Å². The second kappa shape index (κ2) is 9.76. The lowest BCUT2D eigenvalue weighted by molar-refractivity contribution is 0.295. The first-order valence-corrected chi connectivity index (χ1v) is 12.4. The summed E-state index contributed by atoms with van der Waals surface area (Å²) >= 11 is 1.92. The molecule has 1 heteroatoms. The van der Waals surface area contributed by atoms with E-state index >= 15 is 0 Å². The summed E-state index contributed by atoms with van der Waals surface area (Å²) in [6.45, 7) is 4.56. The van der Waals surface area contributed by atoms with E-state index < -0.39 is 0 Å². The van der Waals surface area contributed by atoms with Gasteiger partial charge in [0, 0.05) is 9.58 Å². The van der Waals surface area contributed by atoms with Crippen LogP contribution in [0.2, 0.25) is 0 Å². The largest absolute Gasteiger partial charge is 0.135 e. The van der Waals surface area contributed by atoms with Crippen molar-refractivity contribution in [2.24, 2.45) is 11.8 Å². The molecule has 0 nitrogen and oxygen atoms in total. The first kappa shape index (κ1) is 20.4. The van der Waals surface area contributed by atoms with Gasteiger partial charge in [-0.1, -0.05) is 81.7 Å². The molecule has 4 rings (SSSR count). The Morgan fingerprint density at radius 2 is 1.69 bits per heavy atom. The molecule has 1 aliphatic rings. The number of rotatable bonds is 7. The van der Waals surface area contributed by atoms with Crippen LogP contribution in [0.5, 0.6) is 0 Å². The fourth-order valence-corrected chi connectivity index (χ4v) is 5.86. The zero-order valence-electron chi connectivity index (χ0n) is 18.0. The highest BCUT2D eigenvalue weighted by molar-refractivity contribution is 7.22. The lowest BCUT2D eigenvalue weighted by Gasteiger charge is -2.26. The first-order chi connectivity index (χ1) is 14.2. The van der Waals surface area contributed by atoms with Gasteiger partial charge in [0.05, 0.1) is 0 Å². The second-order valence-corrected chi connectivity index (χ2v) is 9.87. The predicted molar refractivity (Wildman–Crippen MR) is 131 cm³/mol. The molecule has 1 fully saturated rings. The Balaban J connectivity index is 1.44. The van der Waals surface area contributed by atoms with Gasteiger partial charge in [0.2, 0.25) is 0 Å². The van der Waals surface area contributed by atoms with E-state index in [0.717, 1.165) is 11.8 Å². The molecule has 3 aromatic rings. The average Bonchev–Trinajstić information content (AvgIpc) is 3.18. The third kappa shape index (κ3) is 5.20. The summed E-state index contributed by atoms with van der Waals surface area (Å²) in [4.78, 5) is 1.37. The molecule has 152 valence electrons. The molecule has 0 amide bonds. The van der Waals surface area contributed by atoms with Gasteiger partial charge >= 0.3 is 0 Å². The highest BCUT2D eigenvalue weighted by Crippen LogP contribution is 2.35. The van der Waals surface area contributed by atoms with E-state index in [1.165, 1.54) is 83.0 Å². The van der Waals surface area contributed by atoms with Gasteiger partial charge in [-0.3, -0.25) is 0 Å². The number of hydrogen-bond donors (Lipinski definition) is 0. The number of hydrogen-bond acceptors (Lipinski definition) is 1. The van der Waals surface area contributed by atoms with Crippen LogP contribution in [-0.4, -0.2) is 0 Å². The first-order valence-electron chi connectivity index (χ1n) is 11.6. The van der Waals surface area contributed by atoms with Gasteiger partial charge in [-0.15, -0.1) is 11.3 Å². The highest BCUT2D eigenvalue weighted by Gasteiger charge is 2.18. The van der Waals surface area contributed by atoms with Crippen LogP contribution in [0.3, 0.4) is 0 Å². The SMILES string of the molecule is CCCc1ccc(-c2cc3ccc(/C=C/C4CCC(CCC)CC4)cc3s2)cc1. The Morgan fingerprint density at radius 1 is 0.897 bits per heavy atom. The van der Waals surface area contributed by atoms with Crippen molar-refractivity contribution in [3.63, 3.8) is 0 Å². The Labute approximate surface area is 180 Å². The molecule has 29 heavy (non-hydrogen) atoms. The lowest BCUT2D eigenvalue weighted by Crippen LogP contribution is -2.12. The Hall–Kier alpha value is -1.86. The Morgan fingerprint density at radius 3 is 2.41 bits per heavy atom. The third-order valence-corrected chi connectivity index (χ3v) is 7.62. The van der Waals surface area contributed by atoms with Gasteiger partial charge in [-0.05, 0) is 78.1 Å². The summed E-state index contributed by atoms with van der Waals surface area (Å²) in [5.41, 5.74) is 4.13. The van der Waals surface area contributed by atoms with Crippen LogP contribution in [0.4, 0.5) is 0 Å². The maximum absolute atomic E-state index is 2.48. The molecule has 0 bridgehead atoms. The van der Waals surface area contributed by atoms with E-state index in [1.807, 2.05) is 11.3 Å². The molecule has 0 spiro atoms. The average molecular weight is 403 g/mol. The minimum absolute atomic E-state index is 0.777. The van der Waals surface area contributed by atoms with Crippen molar-refractivity contribution < 1.29 is 0 Å². The molecular weight excluding hydrogens is 368 g/mol. The molecule has 0 unspecified atom stereocenters. The van der Waals surface area contributed by atoms with Crippen LogP contribution in [0.1, 0.15) is 69.9 Å². The van der Waals surface area contributed by atoms with Crippen LogP contribution in [-0.2, 0) is 6.42 Å². The lowest BCUT2D eigenvalue weighted by atomic mass is 9.80. The normalized spacial score (nSPS) is 19.9. The van der Waals surface area contributed by atoms with E-state index in [4.69, 9.17) is 0 Å². The quantitative estimate of drug-likeness (QED) is 0.369. The molecule has 0 saturated heterocycles. The number of allylic oxidation sites excluding steroid dienone is 1. The maximum Gasteiger partial charge on any atom is 0.0355 e. The summed E-state index contributed by atoms with van der Waals surface area (Å²) in [6, 6.07) is 18.4. The smallest absolute Gasteiger partial charge is 0.0355 e. The highest BCUT2D eigenvalue weighted by atomic mass is 32.1. The maximum atomic E-state index is 2.48. The molecule has 2 aromatic carbocycles. The van der Waals surface area contributed by atoms with E-state index in [-0.39, 0.29) is 0 Å². The molecule has 0 aliphatic heterocycles. The van der Waals surface area contributed by atoms with Crippen LogP contribution >= 0.6 is 11.3 Å². The van der Waals surface area contributed by atoms with Crippen molar-refractivity contribution in [2.75, 3.05) is 0 Å². The number of aryl methyl sites for hydroxylation is 1. The molecular formula is C28H34S. The van der Waals surface area contributed by atoms with E-state index in [9.17, 15) is 0 Å². The predicted octanol–water partition coefficient (Wildman–Crippen LogP) is 9.14. The van der Waals surface area contributed by atoms with Crippen LogP contribution in [0.15, 0.2) is 54.6 Å². The van der Waals surface area contributed by atoms with Crippen molar-refractivity contribution in [1.29, 1.82) is 0 Å². The zero-order valence-corrected chi connectivity index (χ0v) is 18.8. The van der Waals surface area contributed by atoms with Crippen molar-refractivity contribution >= 4 is 27.5 Å². The summed E-state index contributed by atoms with van der Waals surface area (Å²) in [5.74, 6) is 1.76. The fraction of sp³-hybridized carbons (Fsp3) is 0.429. The second-order valence-electron chi connectivity index (χ2n) is 8.78. The van der Waals surface area contributed by atoms with Crippen LogP contribution < -0.4 is 0 Å². The summed E-state index contributed by atoms with van der Waals surface area (Å²) in [5, 5.41) is 1.36. The van der Waals surface area contributed by atoms with E-state index in [2.05, 4.69) is 74.5 Å². The standard InChI is InChI=1S/C28H34S/c1-3-5-21-7-9-23(10-8-21)11-12-24-15-18-26-20-28(29-27(26)19-24)25-16-13-22(6-4-2)14-17-25/h11-21,23H,3-10H2,1-2H3/b12-11+. The van der Waals surface area contributed by atoms with Gasteiger partial charge in [0.1, 0.15) is 0 Å². The molecule has 0 atom stereocenters. The summed E-state index contributed by atoms with van der Waals surface area (Å²) in [7, 11) is 0. The number of thiophene rings is 1. The summed E-state index contributed by atoms with van der Waals surface area (Å²) < 4.78 is 1.39. The van der Waals surface area contributed by atoms with Crippen molar-refractivity contribution in [1.82, 2.24) is 0 Å². The molecule has 1 saturated carbocycles. The van der Waals surface area contributed by atoms with Gasteiger partial charge in [-0.2, -0.15) is 0 Å². The molecule has 1 aromatic heterocycles. The zero-order chi connectivity index (χ0) is 20.1. The van der Waals surface area contributed by atoms with Gasteiger partial charge in [0.15, 0.2) is 0 Å². The fourth-order valence-electron chi connectivity index (χ4n) is 4.74. The molecule has 0 radical (unpaired) electrons. The minimum Gasteiger partial charge on any atom is -0.135 e. The monoisotopic (exact) mass is 402 g/mol. The third-order valence-electron chi connectivity index (χ3n) is 6.47. The van der Waals surface area contributed by atoms with Gasteiger partial charge < -0.3 is 0 Å². The van der Waals surface area contributed by atoms with E-state index in [1.54, 1.807) is 0 Å². The van der Waals surface area contributed by atoms with Gasteiger partial charge in [0.25, 0.3) is 0 Å². The van der Waals surface area contributed by atoms with Crippen molar-refractivity contribution in [3.05, 3.63) is 65.7 Å². The molecule has 1 heterocycles. The Kier molecular flexibility index (Phi) is 6.87. The molecule has 1 aliphatic carbocycles. The van der Waals surface area contributed by atoms with Crippen LogP contribution in [0.25, 0.3) is 26.6 Å². The number of fused-ring (bicyclic) bond motifs is 1. The van der Waals surface area contributed by atoms with Crippen molar-refractivity contribution in [3.8, 4) is 10.4 Å². The van der Waals surface area contributed by atoms with Crippen molar-refractivity contribution in [2.45, 2.75) is 65.2 Å². The number of benzene rings is 2. The summed E-state index contributed by atoms with van der Waals surface area (Å²) in [6.07, 6.45) is 15.6. The minimum atomic E-state index is 0.777. The van der Waals surface area contributed by atoms with Crippen LogP contribution in [0, 0.1) is 11.8 Å². The topological polar surface area (TPSA) is 0 Å². The van der Waals surface area contributed by atoms with Gasteiger partial charge in [-0.25, -0.2) is 0 Å². The Bertz CT molecular complexity index is 936. The molecule has 0 N–H and O–H groups in total.